The molecular weight excluding hydrogens is 400 g/mol. The zero-order valence-electron chi connectivity index (χ0n) is 18.7. The number of allylic oxidation sites excluding steroid dienone is 1. The van der Waals surface area contributed by atoms with Crippen LogP contribution in [0.4, 0.5) is 5.69 Å². The Morgan fingerprint density at radius 3 is 2.34 bits per heavy atom. The van der Waals surface area contributed by atoms with Crippen molar-refractivity contribution in [1.82, 2.24) is 4.90 Å². The number of para-hydroxylation sites is 1. The molecule has 0 aliphatic carbocycles. The minimum atomic E-state index is -0.693. The Morgan fingerprint density at radius 2 is 1.62 bits per heavy atom. The minimum Gasteiger partial charge on any atom is -0.352 e. The van der Waals surface area contributed by atoms with E-state index in [1.807, 2.05) is 74.2 Å². The molecule has 2 aromatic carbocycles. The fourth-order valence-corrected chi connectivity index (χ4v) is 5.58. The van der Waals surface area contributed by atoms with E-state index in [0.29, 0.717) is 12.1 Å². The Morgan fingerprint density at radius 1 is 0.938 bits per heavy atom. The van der Waals surface area contributed by atoms with Crippen LogP contribution in [0.3, 0.4) is 0 Å². The molecule has 3 aliphatic rings. The molecule has 0 spiro atoms. The van der Waals surface area contributed by atoms with Crippen LogP contribution in [-0.4, -0.2) is 41.1 Å². The second-order valence-electron chi connectivity index (χ2n) is 9.17. The lowest BCUT2D eigenvalue weighted by molar-refractivity contribution is -0.140. The number of amides is 2. The van der Waals surface area contributed by atoms with Crippen molar-refractivity contribution in [2.75, 3.05) is 11.4 Å². The summed E-state index contributed by atoms with van der Waals surface area (Å²) in [5.41, 5.74) is 4.71. The first-order chi connectivity index (χ1) is 15.4. The van der Waals surface area contributed by atoms with E-state index in [-0.39, 0.29) is 23.6 Å². The van der Waals surface area contributed by atoms with Crippen molar-refractivity contribution in [2.24, 2.45) is 11.8 Å². The third-order valence-corrected chi connectivity index (χ3v) is 7.19. The van der Waals surface area contributed by atoms with Gasteiger partial charge in [0.15, 0.2) is 5.78 Å². The average Bonchev–Trinajstić information content (AvgIpc) is 3.25. The van der Waals surface area contributed by atoms with E-state index in [1.54, 1.807) is 0 Å². The first-order valence-corrected chi connectivity index (χ1v) is 11.5. The van der Waals surface area contributed by atoms with Crippen LogP contribution in [0.25, 0.3) is 5.57 Å². The second-order valence-corrected chi connectivity index (χ2v) is 9.17. The summed E-state index contributed by atoms with van der Waals surface area (Å²) >= 11 is 0. The Kier molecular flexibility index (Phi) is 5.00. The lowest BCUT2D eigenvalue weighted by Gasteiger charge is -2.38. The standard InChI is InChI=1S/C27H28N2O3/c1-4-5-14-28-26(31)22-21-15-17(3)19-8-6-7-9-20(19)29(21)24(23(22)27(28)32)25(30)18-12-10-16(2)11-13-18/h6-13,15,21-24H,4-5,14H2,1-3H3/t21-,22+,23+,24+/m1/s1. The molecule has 5 heteroatoms. The van der Waals surface area contributed by atoms with Crippen molar-refractivity contribution < 1.29 is 14.4 Å². The summed E-state index contributed by atoms with van der Waals surface area (Å²) in [7, 11) is 0. The summed E-state index contributed by atoms with van der Waals surface area (Å²) in [6, 6.07) is 14.5. The van der Waals surface area contributed by atoms with Gasteiger partial charge in [-0.2, -0.15) is 0 Å². The van der Waals surface area contributed by atoms with Gasteiger partial charge in [-0.3, -0.25) is 19.3 Å². The molecule has 3 heterocycles. The van der Waals surface area contributed by atoms with Crippen molar-refractivity contribution in [1.29, 1.82) is 0 Å². The smallest absolute Gasteiger partial charge is 0.235 e. The lowest BCUT2D eigenvalue weighted by atomic mass is 9.85. The fraction of sp³-hybridized carbons (Fsp3) is 0.370. The molecule has 0 radical (unpaired) electrons. The number of unbranched alkanes of at least 4 members (excludes halogenated alkanes) is 1. The molecular formula is C27H28N2O3. The summed E-state index contributed by atoms with van der Waals surface area (Å²) in [6.07, 6.45) is 3.76. The highest BCUT2D eigenvalue weighted by atomic mass is 16.2. The molecule has 0 bridgehead atoms. The van der Waals surface area contributed by atoms with Crippen molar-refractivity contribution in [3.63, 3.8) is 0 Å². The number of likely N-dealkylation sites (tertiary alicyclic amines) is 1. The molecule has 2 amide bonds. The largest absolute Gasteiger partial charge is 0.352 e. The molecule has 0 aromatic heterocycles. The van der Waals surface area contributed by atoms with Crippen LogP contribution < -0.4 is 4.90 Å². The summed E-state index contributed by atoms with van der Waals surface area (Å²) in [4.78, 5) is 44.3. The van der Waals surface area contributed by atoms with Crippen molar-refractivity contribution in [3.05, 3.63) is 71.3 Å². The molecule has 164 valence electrons. The van der Waals surface area contributed by atoms with Crippen LogP contribution in [0, 0.1) is 18.8 Å². The molecule has 2 saturated heterocycles. The highest BCUT2D eigenvalue weighted by molar-refractivity contribution is 6.14. The lowest BCUT2D eigenvalue weighted by Crippen LogP contribution is -2.49. The summed E-state index contributed by atoms with van der Waals surface area (Å²) in [5.74, 6) is -1.61. The topological polar surface area (TPSA) is 57.7 Å². The number of imide groups is 1. The van der Waals surface area contributed by atoms with Gasteiger partial charge in [-0.15, -0.1) is 0 Å². The van der Waals surface area contributed by atoms with Gasteiger partial charge in [-0.1, -0.05) is 67.4 Å². The van der Waals surface area contributed by atoms with Gasteiger partial charge in [0.05, 0.1) is 17.9 Å². The number of hydrogen-bond donors (Lipinski definition) is 0. The second kappa shape index (κ2) is 7.73. The van der Waals surface area contributed by atoms with Crippen LogP contribution in [0.2, 0.25) is 0 Å². The molecule has 0 saturated carbocycles. The van der Waals surface area contributed by atoms with Gasteiger partial charge >= 0.3 is 0 Å². The number of aryl methyl sites for hydroxylation is 1. The molecule has 32 heavy (non-hydrogen) atoms. The third-order valence-electron chi connectivity index (χ3n) is 7.19. The van der Waals surface area contributed by atoms with Gasteiger partial charge in [-0.05, 0) is 31.9 Å². The van der Waals surface area contributed by atoms with Gasteiger partial charge < -0.3 is 4.90 Å². The van der Waals surface area contributed by atoms with E-state index in [2.05, 4.69) is 6.08 Å². The molecule has 0 N–H and O–H groups in total. The summed E-state index contributed by atoms with van der Waals surface area (Å²) in [5, 5.41) is 0. The Balaban J connectivity index is 1.64. The van der Waals surface area contributed by atoms with E-state index in [0.717, 1.165) is 35.2 Å². The minimum absolute atomic E-state index is 0.0938. The number of hydrogen-bond acceptors (Lipinski definition) is 4. The van der Waals surface area contributed by atoms with E-state index in [4.69, 9.17) is 0 Å². The first kappa shape index (κ1) is 20.7. The highest BCUT2D eigenvalue weighted by Crippen LogP contribution is 2.50. The molecule has 2 fully saturated rings. The molecule has 4 atom stereocenters. The number of ketones is 1. The maximum Gasteiger partial charge on any atom is 0.235 e. The Labute approximate surface area is 188 Å². The molecule has 0 unspecified atom stereocenters. The highest BCUT2D eigenvalue weighted by Gasteiger charge is 2.64. The van der Waals surface area contributed by atoms with E-state index in [1.165, 1.54) is 4.90 Å². The molecule has 2 aromatic rings. The number of anilines is 1. The summed E-state index contributed by atoms with van der Waals surface area (Å²) in [6.45, 7) is 6.49. The van der Waals surface area contributed by atoms with Crippen LogP contribution in [-0.2, 0) is 9.59 Å². The zero-order valence-corrected chi connectivity index (χ0v) is 18.7. The maximum atomic E-state index is 13.9. The number of benzene rings is 2. The number of carbonyl (C=O) groups is 3. The third kappa shape index (κ3) is 2.94. The molecule has 5 nitrogen and oxygen atoms in total. The van der Waals surface area contributed by atoms with Crippen molar-refractivity contribution in [3.8, 4) is 0 Å². The maximum absolute atomic E-state index is 13.9. The van der Waals surface area contributed by atoms with Gasteiger partial charge in [-0.25, -0.2) is 0 Å². The fourth-order valence-electron chi connectivity index (χ4n) is 5.58. The zero-order chi connectivity index (χ0) is 22.6. The van der Waals surface area contributed by atoms with Crippen LogP contribution in [0.5, 0.6) is 0 Å². The average molecular weight is 429 g/mol. The predicted molar refractivity (Wildman–Crippen MR) is 124 cm³/mol. The van der Waals surface area contributed by atoms with Crippen LogP contribution in [0.15, 0.2) is 54.6 Å². The summed E-state index contributed by atoms with van der Waals surface area (Å²) < 4.78 is 0. The van der Waals surface area contributed by atoms with E-state index < -0.39 is 17.9 Å². The van der Waals surface area contributed by atoms with Crippen LogP contribution >= 0.6 is 0 Å². The van der Waals surface area contributed by atoms with Gasteiger partial charge in [0.1, 0.15) is 6.04 Å². The first-order valence-electron chi connectivity index (χ1n) is 11.5. The van der Waals surface area contributed by atoms with Gasteiger partial charge in [0.2, 0.25) is 11.8 Å². The van der Waals surface area contributed by atoms with Gasteiger partial charge in [0.25, 0.3) is 0 Å². The van der Waals surface area contributed by atoms with Crippen molar-refractivity contribution in [2.45, 2.75) is 45.7 Å². The number of carbonyl (C=O) groups excluding carboxylic acids is 3. The quantitative estimate of drug-likeness (QED) is 0.528. The Hall–Kier alpha value is -3.21. The van der Waals surface area contributed by atoms with E-state index in [9.17, 15) is 14.4 Å². The SMILES string of the molecule is CCCCN1C(=O)[C@@H]2[C@H](C1=O)[C@@H](C(=O)c1ccc(C)cc1)N1c3ccccc3C(C)=C[C@H]21. The normalized spacial score (nSPS) is 26.0. The molecule has 5 rings (SSSR count). The van der Waals surface area contributed by atoms with Gasteiger partial charge in [0, 0.05) is 23.4 Å². The molecule has 3 aliphatic heterocycles. The number of rotatable bonds is 5. The number of fused-ring (bicyclic) bond motifs is 5. The van der Waals surface area contributed by atoms with E-state index >= 15 is 0 Å². The number of nitrogens with zero attached hydrogens (tertiary/aromatic N) is 2. The number of Topliss-reactive ketones (excluding diaryl/α,β-unsaturated/α-hetero) is 1. The monoisotopic (exact) mass is 428 g/mol. The van der Waals surface area contributed by atoms with Crippen LogP contribution in [0.1, 0.15) is 48.2 Å². The Bertz CT molecular complexity index is 1130. The van der Waals surface area contributed by atoms with Crippen molar-refractivity contribution >= 4 is 28.9 Å². The predicted octanol–water partition coefficient (Wildman–Crippen LogP) is 4.25.